The molecule has 0 radical (unpaired) electrons. The molecular formula is C28H23N3O2S. The van der Waals surface area contributed by atoms with Crippen LogP contribution in [0.15, 0.2) is 82.6 Å². The number of hydrogen-bond donors (Lipinski definition) is 1. The van der Waals surface area contributed by atoms with E-state index in [9.17, 15) is 9.90 Å². The van der Waals surface area contributed by atoms with Crippen LogP contribution in [0.4, 0.5) is 5.69 Å². The van der Waals surface area contributed by atoms with Crippen molar-refractivity contribution in [1.29, 1.82) is 0 Å². The quantitative estimate of drug-likeness (QED) is 0.360. The summed E-state index contributed by atoms with van der Waals surface area (Å²) in [5, 5.41) is 11.5. The third kappa shape index (κ3) is 3.43. The number of nitrogens with zero attached hydrogens (tertiary/aromatic N) is 3. The van der Waals surface area contributed by atoms with Crippen molar-refractivity contribution in [2.75, 3.05) is 0 Å². The Labute approximate surface area is 202 Å². The first-order chi connectivity index (χ1) is 16.4. The van der Waals surface area contributed by atoms with Crippen LogP contribution >= 0.6 is 12.2 Å². The van der Waals surface area contributed by atoms with Gasteiger partial charge in [0.05, 0.1) is 17.1 Å². The number of allylic oxidation sites excluding steroid dienone is 1. The number of aromatic hydroxyl groups is 1. The van der Waals surface area contributed by atoms with Crippen LogP contribution in [0.2, 0.25) is 0 Å². The molecule has 0 fully saturated rings. The molecule has 0 spiro atoms. The Hall–Kier alpha value is -4.03. The van der Waals surface area contributed by atoms with Crippen LogP contribution in [0.25, 0.3) is 23.0 Å². The Bertz CT molecular complexity index is 1640. The summed E-state index contributed by atoms with van der Waals surface area (Å²) in [5.41, 5.74) is 6.34. The lowest BCUT2D eigenvalue weighted by Crippen LogP contribution is -2.26. The number of para-hydroxylation sites is 3. The third-order valence-electron chi connectivity index (χ3n) is 6.14. The summed E-state index contributed by atoms with van der Waals surface area (Å²) in [5.74, 6) is -0.196. The second kappa shape index (κ2) is 8.39. The Balaban J connectivity index is 1.90. The minimum absolute atomic E-state index is 0.154. The smallest absolute Gasteiger partial charge is 0.270 e. The highest BCUT2D eigenvalue weighted by Gasteiger charge is 2.23. The second-order valence-corrected chi connectivity index (χ2v) is 8.71. The minimum atomic E-state index is -0.383. The van der Waals surface area contributed by atoms with Gasteiger partial charge in [-0.15, -0.1) is 0 Å². The normalized spacial score (nSPS) is 13.7. The van der Waals surface area contributed by atoms with Crippen LogP contribution in [0.5, 0.6) is 5.88 Å². The summed E-state index contributed by atoms with van der Waals surface area (Å²) in [4.78, 5) is 18.5. The molecule has 4 aromatic rings. The van der Waals surface area contributed by atoms with Crippen molar-refractivity contribution in [2.24, 2.45) is 4.99 Å². The van der Waals surface area contributed by atoms with E-state index in [2.05, 4.69) is 4.99 Å². The molecule has 1 aliphatic rings. The van der Waals surface area contributed by atoms with E-state index in [1.807, 2.05) is 93.6 Å². The second-order valence-electron chi connectivity index (χ2n) is 8.34. The van der Waals surface area contributed by atoms with Gasteiger partial charge in [-0.2, -0.15) is 0 Å². The van der Waals surface area contributed by atoms with E-state index in [0.29, 0.717) is 11.4 Å². The fourth-order valence-electron chi connectivity index (χ4n) is 4.36. The first-order valence-electron chi connectivity index (χ1n) is 11.0. The van der Waals surface area contributed by atoms with Gasteiger partial charge in [0.2, 0.25) is 5.88 Å². The van der Waals surface area contributed by atoms with Crippen LogP contribution < -0.4 is 5.56 Å². The first-order valence-corrected chi connectivity index (χ1v) is 11.4. The van der Waals surface area contributed by atoms with E-state index in [4.69, 9.17) is 12.2 Å². The Morgan fingerprint density at radius 2 is 1.38 bits per heavy atom. The number of aromatic nitrogens is 2. The third-order valence-corrected chi connectivity index (χ3v) is 6.51. The van der Waals surface area contributed by atoms with E-state index in [1.165, 1.54) is 4.57 Å². The molecule has 1 aliphatic heterocycles. The zero-order valence-corrected chi connectivity index (χ0v) is 19.9. The summed E-state index contributed by atoms with van der Waals surface area (Å²) in [6.45, 7) is 5.78. The molecule has 1 N–H and O–H groups in total. The molecular weight excluding hydrogens is 442 g/mol. The number of aryl methyl sites for hydroxylation is 2. The van der Waals surface area contributed by atoms with Gasteiger partial charge in [-0.25, -0.2) is 0 Å². The van der Waals surface area contributed by atoms with Gasteiger partial charge in [-0.05, 0) is 68.4 Å². The Morgan fingerprint density at radius 1 is 0.824 bits per heavy atom. The van der Waals surface area contributed by atoms with Crippen molar-refractivity contribution in [2.45, 2.75) is 20.8 Å². The molecule has 0 saturated heterocycles. The summed E-state index contributed by atoms with van der Waals surface area (Å²) >= 11 is 5.80. The highest BCUT2D eigenvalue weighted by Crippen LogP contribution is 2.36. The van der Waals surface area contributed by atoms with Crippen molar-refractivity contribution in [3.8, 4) is 17.3 Å². The molecule has 0 saturated carbocycles. The number of benzene rings is 3. The lowest BCUT2D eigenvalue weighted by Gasteiger charge is -2.19. The standard InChI is InChI=1S/C28H23N3O2S/c1-17-10-4-8-14-24(17)30-26(32)22(16-21-19(3)29-23-13-7-6-12-20(21)23)27(33)31(28(30)34)25-15-9-5-11-18(25)2/h4-16,32H,1-3H3/b21-16-. The monoisotopic (exact) mass is 465 g/mol. The van der Waals surface area contributed by atoms with Crippen molar-refractivity contribution < 1.29 is 5.11 Å². The largest absolute Gasteiger partial charge is 0.494 e. The van der Waals surface area contributed by atoms with Crippen LogP contribution in [-0.4, -0.2) is 20.0 Å². The fourth-order valence-corrected chi connectivity index (χ4v) is 4.73. The SMILES string of the molecule is CC1=Nc2ccccc2/C1=C\c1c(O)n(-c2ccccc2C)c(=S)n(-c2ccccc2C)c1=O. The van der Waals surface area contributed by atoms with Crippen molar-refractivity contribution in [1.82, 2.24) is 9.13 Å². The maximum Gasteiger partial charge on any atom is 0.270 e. The van der Waals surface area contributed by atoms with Gasteiger partial charge in [0.1, 0.15) is 5.56 Å². The first kappa shape index (κ1) is 21.8. The summed E-state index contributed by atoms with van der Waals surface area (Å²) in [6.07, 6.45) is 1.72. The van der Waals surface area contributed by atoms with Gasteiger partial charge >= 0.3 is 0 Å². The summed E-state index contributed by atoms with van der Waals surface area (Å²) < 4.78 is 3.26. The maximum absolute atomic E-state index is 13.9. The summed E-state index contributed by atoms with van der Waals surface area (Å²) in [7, 11) is 0. The van der Waals surface area contributed by atoms with Gasteiger partial charge in [0.25, 0.3) is 5.56 Å². The van der Waals surface area contributed by atoms with Crippen LogP contribution in [0.1, 0.15) is 29.2 Å². The van der Waals surface area contributed by atoms with Gasteiger partial charge in [0, 0.05) is 16.8 Å². The summed E-state index contributed by atoms with van der Waals surface area (Å²) in [6, 6.07) is 23.0. The molecule has 5 rings (SSSR count). The average molecular weight is 466 g/mol. The average Bonchev–Trinajstić information content (AvgIpc) is 3.14. The number of fused-ring (bicyclic) bond motifs is 1. The molecule has 0 aliphatic carbocycles. The van der Waals surface area contributed by atoms with Crippen LogP contribution in [0.3, 0.4) is 0 Å². The molecule has 2 heterocycles. The highest BCUT2D eigenvalue weighted by molar-refractivity contribution is 7.71. The van der Waals surface area contributed by atoms with Crippen LogP contribution in [-0.2, 0) is 0 Å². The highest BCUT2D eigenvalue weighted by atomic mass is 32.1. The zero-order valence-electron chi connectivity index (χ0n) is 19.1. The van der Waals surface area contributed by atoms with Crippen molar-refractivity contribution in [3.05, 3.63) is 110 Å². The van der Waals surface area contributed by atoms with E-state index >= 15 is 0 Å². The van der Waals surface area contributed by atoms with Crippen molar-refractivity contribution >= 4 is 35.3 Å². The maximum atomic E-state index is 13.9. The lowest BCUT2D eigenvalue weighted by atomic mass is 10.0. The van der Waals surface area contributed by atoms with E-state index in [-0.39, 0.29) is 21.8 Å². The molecule has 0 atom stereocenters. The van der Waals surface area contributed by atoms with Crippen molar-refractivity contribution in [3.63, 3.8) is 0 Å². The molecule has 168 valence electrons. The molecule has 0 unspecified atom stereocenters. The van der Waals surface area contributed by atoms with Crippen LogP contribution in [0, 0.1) is 18.6 Å². The number of rotatable bonds is 3. The van der Waals surface area contributed by atoms with Gasteiger partial charge in [-0.3, -0.25) is 18.9 Å². The van der Waals surface area contributed by atoms with Gasteiger partial charge in [-0.1, -0.05) is 54.6 Å². The molecule has 0 amide bonds. The van der Waals surface area contributed by atoms with E-state index in [1.54, 1.807) is 10.6 Å². The topological polar surface area (TPSA) is 59.5 Å². The van der Waals surface area contributed by atoms with E-state index in [0.717, 1.165) is 33.7 Å². The molecule has 3 aromatic carbocycles. The molecule has 1 aromatic heterocycles. The molecule has 6 heteroatoms. The Kier molecular flexibility index (Phi) is 5.38. The molecule has 0 bridgehead atoms. The predicted octanol–water partition coefficient (Wildman–Crippen LogP) is 6.33. The predicted molar refractivity (Wildman–Crippen MR) is 140 cm³/mol. The lowest BCUT2D eigenvalue weighted by molar-refractivity contribution is 0.429. The van der Waals surface area contributed by atoms with Gasteiger partial charge in [0.15, 0.2) is 4.77 Å². The van der Waals surface area contributed by atoms with E-state index < -0.39 is 0 Å². The fraction of sp³-hybridized carbons (Fsp3) is 0.107. The molecule has 34 heavy (non-hydrogen) atoms. The molecule has 5 nitrogen and oxygen atoms in total. The van der Waals surface area contributed by atoms with Gasteiger partial charge < -0.3 is 5.11 Å². The number of aliphatic imine (C=N–C) groups is 1. The number of hydrogen-bond acceptors (Lipinski definition) is 4. The zero-order chi connectivity index (χ0) is 24.0. The Morgan fingerprint density at radius 3 is 2.03 bits per heavy atom. The minimum Gasteiger partial charge on any atom is -0.494 e.